The van der Waals surface area contributed by atoms with Crippen LogP contribution in [0.3, 0.4) is 0 Å². The lowest BCUT2D eigenvalue weighted by Crippen LogP contribution is -1.94. The zero-order valence-corrected chi connectivity index (χ0v) is 55.3. The van der Waals surface area contributed by atoms with Gasteiger partial charge in [0.05, 0.1) is 61.2 Å². The van der Waals surface area contributed by atoms with Crippen molar-refractivity contribution in [3.8, 4) is 67.3 Å². The van der Waals surface area contributed by atoms with Gasteiger partial charge in [0, 0.05) is 81.1 Å². The maximum Gasteiger partial charge on any atom is 0.159 e. The van der Waals surface area contributed by atoms with Crippen LogP contribution in [0.4, 0.5) is 0 Å². The molecule has 0 fully saturated rings. The SMILES string of the molecule is c1ccc(-c2ccc3c(c2)c2ccccc2n3-c2ccc3oc4c(-n5c6ccccc6c6cc(-c7cccc(-c8cccc9c8c8ccccc8n9-c8cccc9c8oc8ccc(-c%10ccc%11oc%12c(-n%13c%14ccccc%14c%14ccccc%14%13)cccc%12c%11c%10)cc89)c7)ccc65)cccc4c3c2)cc1. The molecule has 0 unspecified atom stereocenters. The minimum Gasteiger partial charge on any atom is -0.454 e. The molecule has 23 aromatic rings. The molecule has 0 radical (unpaired) electrons. The highest BCUT2D eigenvalue weighted by Crippen LogP contribution is 2.47. The van der Waals surface area contributed by atoms with Crippen LogP contribution < -0.4 is 0 Å². The third kappa shape index (κ3) is 8.10. The quantitative estimate of drug-likeness (QED) is 0.152. The van der Waals surface area contributed by atoms with Gasteiger partial charge in [-0.3, -0.25) is 0 Å². The Morgan fingerprint density at radius 2 is 0.505 bits per heavy atom. The zero-order chi connectivity index (χ0) is 67.1. The standard InChI is InChI=1S/C96H56N4O3/c1-2-19-57(20-3-1)59-41-46-84-74(52-59)68-25-6-9-32-79(68)97(84)64-45-50-92-78(56-64)72-31-18-39-88(96(72)103-92)99-82-35-12-7-26-69(82)75-53-60(42-47-85(75)99)58-21-14-22-63(51-58)65-28-15-37-86-93(65)73-27-8-13-36-83(73)100(86)89-40-17-30-71-77-55-62(44-49-91(77)102-95(71)89)61-43-48-90-76(54-61)70-29-16-38-87(94(70)101-90)98-80-33-10-4-23-66(80)67-24-5-11-34-81(67)98/h1-56H. The topological polar surface area (TPSA) is 59.1 Å². The van der Waals surface area contributed by atoms with Gasteiger partial charge in [-0.25, -0.2) is 0 Å². The molecule has 0 aliphatic carbocycles. The molecule has 16 aromatic carbocycles. The van der Waals surface area contributed by atoms with Crippen molar-refractivity contribution in [2.24, 2.45) is 0 Å². The van der Waals surface area contributed by atoms with Gasteiger partial charge in [0.15, 0.2) is 16.7 Å². The molecule has 7 heterocycles. The zero-order valence-electron chi connectivity index (χ0n) is 55.3. The van der Waals surface area contributed by atoms with Crippen LogP contribution in [0.5, 0.6) is 0 Å². The molecule has 103 heavy (non-hydrogen) atoms. The van der Waals surface area contributed by atoms with Crippen molar-refractivity contribution in [2.75, 3.05) is 0 Å². The second kappa shape index (κ2) is 21.3. The van der Waals surface area contributed by atoms with Crippen molar-refractivity contribution >= 4 is 153 Å². The van der Waals surface area contributed by atoms with Crippen molar-refractivity contribution in [3.05, 3.63) is 340 Å². The van der Waals surface area contributed by atoms with E-state index >= 15 is 0 Å². The molecule has 7 nitrogen and oxygen atoms in total. The van der Waals surface area contributed by atoms with Crippen molar-refractivity contribution in [2.45, 2.75) is 0 Å². The van der Waals surface area contributed by atoms with E-state index in [2.05, 4.69) is 358 Å². The summed E-state index contributed by atoms with van der Waals surface area (Å²) < 4.78 is 30.4. The first-order chi connectivity index (χ1) is 51.1. The van der Waals surface area contributed by atoms with Crippen LogP contribution in [-0.4, -0.2) is 18.3 Å². The number of benzene rings is 16. The summed E-state index contributed by atoms with van der Waals surface area (Å²) in [6.07, 6.45) is 0. The van der Waals surface area contributed by atoms with E-state index in [0.29, 0.717) is 0 Å². The number of rotatable bonds is 8. The molecule has 23 rings (SSSR count). The lowest BCUT2D eigenvalue weighted by atomic mass is 9.95. The average Bonchev–Trinajstić information content (AvgIpc) is 1.56. The summed E-state index contributed by atoms with van der Waals surface area (Å²) in [5, 5.41) is 16.0. The molecule has 0 saturated carbocycles. The number of para-hydroxylation sites is 8. The van der Waals surface area contributed by atoms with Gasteiger partial charge in [-0.1, -0.05) is 212 Å². The molecule has 7 heteroatoms. The number of nitrogens with zero attached hydrogens (tertiary/aromatic N) is 4. The third-order valence-corrected chi connectivity index (χ3v) is 22.0. The van der Waals surface area contributed by atoms with E-state index < -0.39 is 0 Å². The number of hydrogen-bond donors (Lipinski definition) is 0. The summed E-state index contributed by atoms with van der Waals surface area (Å²) in [6, 6.07) is 123. The van der Waals surface area contributed by atoms with Crippen molar-refractivity contribution in [3.63, 3.8) is 0 Å². The number of fused-ring (bicyclic) bond motifs is 21. The first-order valence-electron chi connectivity index (χ1n) is 35.2. The number of aromatic nitrogens is 4. The molecule has 0 amide bonds. The lowest BCUT2D eigenvalue weighted by Gasteiger charge is -2.11. The molecule has 7 aromatic heterocycles. The fraction of sp³-hybridized carbons (Fsp3) is 0. The largest absolute Gasteiger partial charge is 0.454 e. The number of furan rings is 3. The Morgan fingerprint density at radius 1 is 0.175 bits per heavy atom. The van der Waals surface area contributed by atoms with E-state index in [9.17, 15) is 0 Å². The average molecular weight is 1310 g/mol. The van der Waals surface area contributed by atoms with Gasteiger partial charge in [0.25, 0.3) is 0 Å². The first-order valence-corrected chi connectivity index (χ1v) is 35.2. The normalized spacial score (nSPS) is 12.3. The molecular formula is C96H56N4O3. The Bertz CT molecular complexity index is 7520. The lowest BCUT2D eigenvalue weighted by molar-refractivity contribution is 0.666. The van der Waals surface area contributed by atoms with Crippen LogP contribution in [0.1, 0.15) is 0 Å². The second-order valence-corrected chi connectivity index (χ2v) is 27.4. The fourth-order valence-electron chi connectivity index (χ4n) is 17.4. The Labute approximate surface area is 587 Å². The third-order valence-electron chi connectivity index (χ3n) is 22.0. The van der Waals surface area contributed by atoms with Crippen LogP contribution in [-0.2, 0) is 0 Å². The minimum absolute atomic E-state index is 0.839. The maximum atomic E-state index is 7.02. The van der Waals surface area contributed by atoms with Crippen LogP contribution in [0.25, 0.3) is 220 Å². The smallest absolute Gasteiger partial charge is 0.159 e. The predicted molar refractivity (Wildman–Crippen MR) is 427 cm³/mol. The summed E-state index contributed by atoms with van der Waals surface area (Å²) >= 11 is 0. The van der Waals surface area contributed by atoms with Gasteiger partial charge in [-0.2, -0.15) is 0 Å². The molecule has 0 atom stereocenters. The summed E-state index contributed by atoms with van der Waals surface area (Å²) in [5.74, 6) is 0. The van der Waals surface area contributed by atoms with E-state index in [1.54, 1.807) is 0 Å². The summed E-state index contributed by atoms with van der Waals surface area (Å²) in [7, 11) is 0. The monoisotopic (exact) mass is 1310 g/mol. The Hall–Kier alpha value is -13.9. The Morgan fingerprint density at radius 3 is 1.04 bits per heavy atom. The van der Waals surface area contributed by atoms with Gasteiger partial charge in [0.2, 0.25) is 0 Å². The highest BCUT2D eigenvalue weighted by Gasteiger charge is 2.25. The van der Waals surface area contributed by atoms with Crippen LogP contribution in [0, 0.1) is 0 Å². The van der Waals surface area contributed by atoms with Gasteiger partial charge in [-0.05, 0) is 172 Å². The molecule has 0 spiro atoms. The molecule has 0 aliphatic rings. The highest BCUT2D eigenvalue weighted by molar-refractivity contribution is 6.20. The minimum atomic E-state index is 0.839. The molecule has 0 bridgehead atoms. The van der Waals surface area contributed by atoms with E-state index in [1.165, 1.54) is 65.3 Å². The number of hydrogen-bond acceptors (Lipinski definition) is 3. The summed E-state index contributed by atoms with van der Waals surface area (Å²) in [5.41, 5.74) is 27.5. The van der Waals surface area contributed by atoms with E-state index in [-0.39, 0.29) is 0 Å². The molecule has 0 N–H and O–H groups in total. The molecule has 0 aliphatic heterocycles. The predicted octanol–water partition coefficient (Wildman–Crippen LogP) is 26.4. The Balaban J connectivity index is 0.599. The first kappa shape index (κ1) is 56.0. The summed E-state index contributed by atoms with van der Waals surface area (Å²) in [4.78, 5) is 0. The second-order valence-electron chi connectivity index (χ2n) is 27.4. The molecule has 478 valence electrons. The van der Waals surface area contributed by atoms with Crippen LogP contribution in [0.15, 0.2) is 353 Å². The van der Waals surface area contributed by atoms with E-state index in [1.807, 2.05) is 0 Å². The van der Waals surface area contributed by atoms with Gasteiger partial charge < -0.3 is 31.5 Å². The van der Waals surface area contributed by atoms with E-state index in [0.717, 1.165) is 155 Å². The van der Waals surface area contributed by atoms with Gasteiger partial charge in [0.1, 0.15) is 16.7 Å². The molecular weight excluding hydrogens is 1260 g/mol. The van der Waals surface area contributed by atoms with Crippen molar-refractivity contribution in [1.82, 2.24) is 18.3 Å². The molecule has 0 saturated heterocycles. The van der Waals surface area contributed by atoms with Crippen molar-refractivity contribution in [1.29, 1.82) is 0 Å². The Kier molecular flexibility index (Phi) is 11.6. The van der Waals surface area contributed by atoms with Crippen LogP contribution in [0.2, 0.25) is 0 Å². The van der Waals surface area contributed by atoms with Crippen molar-refractivity contribution < 1.29 is 13.3 Å². The fourth-order valence-corrected chi connectivity index (χ4v) is 17.4. The highest BCUT2D eigenvalue weighted by atomic mass is 16.3. The van der Waals surface area contributed by atoms with Crippen LogP contribution >= 0.6 is 0 Å². The summed E-state index contributed by atoms with van der Waals surface area (Å²) in [6.45, 7) is 0. The maximum absolute atomic E-state index is 7.02. The van der Waals surface area contributed by atoms with E-state index in [4.69, 9.17) is 13.3 Å². The van der Waals surface area contributed by atoms with Gasteiger partial charge in [-0.15, -0.1) is 0 Å². The van der Waals surface area contributed by atoms with Gasteiger partial charge >= 0.3 is 0 Å².